The number of nitrogens with zero attached hydrogens (tertiary/aromatic N) is 2. The molecule has 1 N–H and O–H groups in total. The lowest BCUT2D eigenvalue weighted by Crippen LogP contribution is -2.58. The lowest BCUT2D eigenvalue weighted by molar-refractivity contribution is -0.143. The first-order chi connectivity index (χ1) is 16.1. The van der Waals surface area contributed by atoms with Gasteiger partial charge in [-0.1, -0.05) is 42.5 Å². The largest absolute Gasteiger partial charge is 0.494 e. The highest BCUT2D eigenvalue weighted by molar-refractivity contribution is 5.89. The van der Waals surface area contributed by atoms with E-state index in [0.717, 1.165) is 28.0 Å². The van der Waals surface area contributed by atoms with E-state index < -0.39 is 6.04 Å². The van der Waals surface area contributed by atoms with Crippen molar-refractivity contribution in [1.82, 2.24) is 15.2 Å². The Morgan fingerprint density at radius 2 is 1.91 bits per heavy atom. The van der Waals surface area contributed by atoms with Crippen molar-refractivity contribution in [3.05, 3.63) is 84.2 Å². The van der Waals surface area contributed by atoms with Crippen LogP contribution in [0.4, 0.5) is 0 Å². The second-order valence-corrected chi connectivity index (χ2v) is 8.12. The van der Waals surface area contributed by atoms with Crippen LogP contribution in [0.15, 0.2) is 73.1 Å². The molecule has 0 aliphatic carbocycles. The third-order valence-electron chi connectivity index (χ3n) is 5.86. The fraction of sp³-hybridized carbons (Fsp3) is 0.296. The molecule has 6 nitrogen and oxygen atoms in total. The zero-order valence-corrected chi connectivity index (χ0v) is 18.9. The van der Waals surface area contributed by atoms with Gasteiger partial charge in [-0.15, -0.1) is 0 Å². The van der Waals surface area contributed by atoms with Gasteiger partial charge in [0.2, 0.25) is 11.8 Å². The van der Waals surface area contributed by atoms with Gasteiger partial charge in [0.25, 0.3) is 0 Å². The number of nitrogens with one attached hydrogen (secondary N) is 1. The molecule has 1 aliphatic heterocycles. The minimum Gasteiger partial charge on any atom is -0.494 e. The van der Waals surface area contributed by atoms with Gasteiger partial charge in [-0.2, -0.15) is 0 Å². The molecule has 1 aliphatic rings. The van der Waals surface area contributed by atoms with E-state index in [-0.39, 0.29) is 11.8 Å². The summed E-state index contributed by atoms with van der Waals surface area (Å²) < 4.78 is 5.48. The Bertz CT molecular complexity index is 1080. The Morgan fingerprint density at radius 1 is 1.09 bits per heavy atom. The molecule has 6 heteroatoms. The van der Waals surface area contributed by atoms with Crippen LogP contribution in [-0.2, 0) is 22.4 Å². The van der Waals surface area contributed by atoms with Crippen molar-refractivity contribution in [2.24, 2.45) is 0 Å². The molecule has 33 heavy (non-hydrogen) atoms. The maximum atomic E-state index is 13.1. The van der Waals surface area contributed by atoms with E-state index in [9.17, 15) is 9.59 Å². The minimum atomic E-state index is -0.504. The Morgan fingerprint density at radius 3 is 2.67 bits per heavy atom. The summed E-state index contributed by atoms with van der Waals surface area (Å²) in [4.78, 5) is 31.7. The number of rotatable bonds is 8. The molecule has 0 radical (unpaired) electrons. The molecule has 1 atom stereocenters. The van der Waals surface area contributed by atoms with E-state index in [2.05, 4.69) is 16.4 Å². The second kappa shape index (κ2) is 10.8. The molecule has 0 unspecified atom stereocenters. The SMILES string of the molecule is CCOc1ccc(CCC(=O)N2CCNC(=O)[C@@H]2Cc2cccc(-c3cccnc3)c2)cc1. The first-order valence-electron chi connectivity index (χ1n) is 11.4. The summed E-state index contributed by atoms with van der Waals surface area (Å²) >= 11 is 0. The predicted molar refractivity (Wildman–Crippen MR) is 128 cm³/mol. The molecule has 2 amide bonds. The number of carbonyl (C=O) groups excluding carboxylic acids is 2. The molecule has 3 aromatic rings. The monoisotopic (exact) mass is 443 g/mol. The van der Waals surface area contributed by atoms with E-state index in [4.69, 9.17) is 4.74 Å². The van der Waals surface area contributed by atoms with Crippen LogP contribution in [0.2, 0.25) is 0 Å². The van der Waals surface area contributed by atoms with Gasteiger partial charge in [0.1, 0.15) is 11.8 Å². The molecule has 1 fully saturated rings. The van der Waals surface area contributed by atoms with Crippen LogP contribution >= 0.6 is 0 Å². The van der Waals surface area contributed by atoms with E-state index >= 15 is 0 Å². The van der Waals surface area contributed by atoms with Crippen molar-refractivity contribution in [3.63, 3.8) is 0 Å². The van der Waals surface area contributed by atoms with E-state index in [0.29, 0.717) is 39.0 Å². The molecular weight excluding hydrogens is 414 g/mol. The Hall–Kier alpha value is -3.67. The molecule has 1 saturated heterocycles. The van der Waals surface area contributed by atoms with Gasteiger partial charge >= 0.3 is 0 Å². The van der Waals surface area contributed by atoms with E-state index in [1.165, 1.54) is 0 Å². The maximum Gasteiger partial charge on any atom is 0.243 e. The molecule has 0 spiro atoms. The number of hydrogen-bond acceptors (Lipinski definition) is 4. The molecule has 1 aromatic heterocycles. The zero-order chi connectivity index (χ0) is 23.0. The van der Waals surface area contributed by atoms with Gasteiger partial charge in [0.05, 0.1) is 6.61 Å². The number of piperazine rings is 1. The molecule has 170 valence electrons. The highest BCUT2D eigenvalue weighted by Gasteiger charge is 2.32. The summed E-state index contributed by atoms with van der Waals surface area (Å²) in [6.45, 7) is 3.59. The van der Waals surface area contributed by atoms with Crippen LogP contribution in [0.5, 0.6) is 5.75 Å². The van der Waals surface area contributed by atoms with Crippen LogP contribution in [0, 0.1) is 0 Å². The Balaban J connectivity index is 1.43. The molecule has 0 bridgehead atoms. The lowest BCUT2D eigenvalue weighted by Gasteiger charge is -2.35. The van der Waals surface area contributed by atoms with E-state index in [1.54, 1.807) is 11.1 Å². The van der Waals surface area contributed by atoms with Crippen LogP contribution in [0.3, 0.4) is 0 Å². The van der Waals surface area contributed by atoms with Gasteiger partial charge in [-0.05, 0) is 53.8 Å². The first-order valence-corrected chi connectivity index (χ1v) is 11.4. The van der Waals surface area contributed by atoms with Crippen molar-refractivity contribution in [1.29, 1.82) is 0 Å². The number of amides is 2. The topological polar surface area (TPSA) is 71.5 Å². The number of benzene rings is 2. The Labute approximate surface area is 194 Å². The second-order valence-electron chi connectivity index (χ2n) is 8.12. The van der Waals surface area contributed by atoms with E-state index in [1.807, 2.05) is 67.7 Å². The predicted octanol–water partition coefficient (Wildman–Crippen LogP) is 3.65. The smallest absolute Gasteiger partial charge is 0.243 e. The number of aryl methyl sites for hydroxylation is 1. The van der Waals surface area contributed by atoms with Crippen molar-refractivity contribution in [3.8, 4) is 16.9 Å². The normalized spacial score (nSPS) is 15.7. The molecule has 0 saturated carbocycles. The third kappa shape index (κ3) is 5.77. The molecular formula is C27H29N3O3. The highest BCUT2D eigenvalue weighted by atomic mass is 16.5. The lowest BCUT2D eigenvalue weighted by atomic mass is 9.98. The maximum absolute atomic E-state index is 13.1. The quantitative estimate of drug-likeness (QED) is 0.577. The van der Waals surface area contributed by atoms with Gasteiger partial charge in [-0.25, -0.2) is 0 Å². The van der Waals surface area contributed by atoms with Crippen LogP contribution in [-0.4, -0.2) is 47.4 Å². The van der Waals surface area contributed by atoms with Gasteiger partial charge in [0.15, 0.2) is 0 Å². The van der Waals surface area contributed by atoms with Gasteiger partial charge in [-0.3, -0.25) is 14.6 Å². The summed E-state index contributed by atoms with van der Waals surface area (Å²) in [6, 6.07) is 19.3. The summed E-state index contributed by atoms with van der Waals surface area (Å²) in [6.07, 6.45) is 5.05. The number of ether oxygens (including phenoxy) is 1. The highest BCUT2D eigenvalue weighted by Crippen LogP contribution is 2.22. The number of carbonyl (C=O) groups is 2. The summed E-state index contributed by atoms with van der Waals surface area (Å²) in [5, 5.41) is 2.92. The van der Waals surface area contributed by atoms with Crippen LogP contribution in [0.1, 0.15) is 24.5 Å². The van der Waals surface area contributed by atoms with Crippen LogP contribution < -0.4 is 10.1 Å². The number of aromatic nitrogens is 1. The standard InChI is InChI=1S/C27H29N3O3/c1-2-33-24-11-8-20(9-12-24)10-13-26(31)30-16-15-29-27(32)25(30)18-21-5-3-6-22(17-21)23-7-4-14-28-19-23/h3-9,11-12,14,17,19,25H,2,10,13,15-16,18H2,1H3,(H,29,32)/t25-/m0/s1. The fourth-order valence-corrected chi connectivity index (χ4v) is 4.16. The average molecular weight is 444 g/mol. The third-order valence-corrected chi connectivity index (χ3v) is 5.86. The van der Waals surface area contributed by atoms with Crippen LogP contribution in [0.25, 0.3) is 11.1 Å². The van der Waals surface area contributed by atoms with Crippen molar-refractivity contribution in [2.75, 3.05) is 19.7 Å². The molecule has 2 heterocycles. The summed E-state index contributed by atoms with van der Waals surface area (Å²) in [5.74, 6) is 0.739. The van der Waals surface area contributed by atoms with Crippen molar-refractivity contribution >= 4 is 11.8 Å². The number of hydrogen-bond donors (Lipinski definition) is 1. The first kappa shape index (κ1) is 22.5. The van der Waals surface area contributed by atoms with Gasteiger partial charge in [0, 0.05) is 38.3 Å². The van der Waals surface area contributed by atoms with Crippen molar-refractivity contribution in [2.45, 2.75) is 32.2 Å². The van der Waals surface area contributed by atoms with Gasteiger partial charge < -0.3 is 15.0 Å². The number of pyridine rings is 1. The fourth-order valence-electron chi connectivity index (χ4n) is 4.16. The zero-order valence-electron chi connectivity index (χ0n) is 18.9. The Kier molecular flexibility index (Phi) is 7.35. The average Bonchev–Trinajstić information content (AvgIpc) is 2.85. The minimum absolute atomic E-state index is 0.00662. The summed E-state index contributed by atoms with van der Waals surface area (Å²) in [5.41, 5.74) is 4.16. The van der Waals surface area contributed by atoms with Crippen molar-refractivity contribution < 1.29 is 14.3 Å². The molecule has 2 aromatic carbocycles. The summed E-state index contributed by atoms with van der Waals surface area (Å²) in [7, 11) is 0. The molecule has 4 rings (SSSR count).